The van der Waals surface area contributed by atoms with Gasteiger partial charge in [0.2, 0.25) is 0 Å². The standard InChI is InChI=1S/C13H24F3N3O2/c1-9(2)11(20)3-5-17-12(21)18-10-4-6-19(7-10)8-13(14,15)16/h9-11,20H,3-8H2,1-2H3,(H2,17,18,21). The molecule has 0 bridgehead atoms. The summed E-state index contributed by atoms with van der Waals surface area (Å²) in [5.74, 6) is 0.126. The zero-order chi connectivity index (χ0) is 16.0. The summed E-state index contributed by atoms with van der Waals surface area (Å²) < 4.78 is 36.7. The van der Waals surface area contributed by atoms with E-state index in [2.05, 4.69) is 10.6 Å². The first-order chi connectivity index (χ1) is 9.67. The van der Waals surface area contributed by atoms with Crippen molar-refractivity contribution in [3.8, 4) is 0 Å². The minimum Gasteiger partial charge on any atom is -0.393 e. The van der Waals surface area contributed by atoms with Crippen molar-refractivity contribution >= 4 is 6.03 Å². The molecule has 1 rings (SSSR count). The lowest BCUT2D eigenvalue weighted by Crippen LogP contribution is -2.44. The summed E-state index contributed by atoms with van der Waals surface area (Å²) in [6.45, 7) is 3.71. The average molecular weight is 311 g/mol. The number of urea groups is 1. The lowest BCUT2D eigenvalue weighted by Gasteiger charge is -2.19. The van der Waals surface area contributed by atoms with E-state index in [0.717, 1.165) is 0 Å². The number of aliphatic hydroxyl groups excluding tert-OH is 1. The lowest BCUT2D eigenvalue weighted by molar-refractivity contribution is -0.143. The molecule has 5 nitrogen and oxygen atoms in total. The van der Waals surface area contributed by atoms with Gasteiger partial charge in [0, 0.05) is 25.7 Å². The van der Waals surface area contributed by atoms with Crippen molar-refractivity contribution in [2.45, 2.75) is 45.0 Å². The largest absolute Gasteiger partial charge is 0.401 e. The van der Waals surface area contributed by atoms with Crippen LogP contribution in [0.5, 0.6) is 0 Å². The Labute approximate surface area is 122 Å². The summed E-state index contributed by atoms with van der Waals surface area (Å²) in [5.41, 5.74) is 0. The van der Waals surface area contributed by atoms with Gasteiger partial charge in [-0.25, -0.2) is 4.79 Å². The Hall–Kier alpha value is -1.02. The molecule has 1 saturated heterocycles. The molecular weight excluding hydrogens is 287 g/mol. The van der Waals surface area contributed by atoms with Gasteiger partial charge in [0.1, 0.15) is 0 Å². The summed E-state index contributed by atoms with van der Waals surface area (Å²) >= 11 is 0. The number of carbonyl (C=O) groups excluding carboxylic acids is 1. The topological polar surface area (TPSA) is 64.6 Å². The van der Waals surface area contributed by atoms with Crippen LogP contribution in [0.4, 0.5) is 18.0 Å². The number of carbonyl (C=O) groups is 1. The van der Waals surface area contributed by atoms with Gasteiger partial charge in [0.25, 0.3) is 0 Å². The summed E-state index contributed by atoms with van der Waals surface area (Å²) in [5, 5.41) is 14.8. The fourth-order valence-corrected chi connectivity index (χ4v) is 2.25. The van der Waals surface area contributed by atoms with E-state index in [1.54, 1.807) is 0 Å². The molecule has 0 saturated carbocycles. The highest BCUT2D eigenvalue weighted by atomic mass is 19.4. The highest BCUT2D eigenvalue weighted by Crippen LogP contribution is 2.19. The molecule has 1 aliphatic heterocycles. The van der Waals surface area contributed by atoms with Crippen molar-refractivity contribution in [1.29, 1.82) is 0 Å². The van der Waals surface area contributed by atoms with Gasteiger partial charge in [-0.2, -0.15) is 13.2 Å². The zero-order valence-corrected chi connectivity index (χ0v) is 12.4. The number of alkyl halides is 3. The smallest absolute Gasteiger partial charge is 0.393 e. The maximum absolute atomic E-state index is 12.2. The highest BCUT2D eigenvalue weighted by molar-refractivity contribution is 5.74. The SMILES string of the molecule is CC(C)C(O)CCNC(=O)NC1CCN(CC(F)(F)F)C1. The fourth-order valence-electron chi connectivity index (χ4n) is 2.25. The number of hydrogen-bond acceptors (Lipinski definition) is 3. The molecule has 1 aliphatic rings. The molecule has 124 valence electrons. The number of hydrogen-bond donors (Lipinski definition) is 3. The Morgan fingerprint density at radius 1 is 1.43 bits per heavy atom. The second-order valence-corrected chi connectivity index (χ2v) is 5.84. The Balaban J connectivity index is 2.18. The van der Waals surface area contributed by atoms with Crippen molar-refractivity contribution in [1.82, 2.24) is 15.5 Å². The number of aliphatic hydroxyl groups is 1. The van der Waals surface area contributed by atoms with Crippen LogP contribution in [0.3, 0.4) is 0 Å². The quantitative estimate of drug-likeness (QED) is 0.693. The number of nitrogens with zero attached hydrogens (tertiary/aromatic N) is 1. The molecule has 0 spiro atoms. The molecule has 2 amide bonds. The van der Waals surface area contributed by atoms with Crippen molar-refractivity contribution in [3.05, 3.63) is 0 Å². The van der Waals surface area contributed by atoms with Gasteiger partial charge in [0.05, 0.1) is 12.6 Å². The Morgan fingerprint density at radius 2 is 2.10 bits per heavy atom. The summed E-state index contributed by atoms with van der Waals surface area (Å²) in [6, 6.07) is -0.660. The predicted octanol–water partition coefficient (Wildman–Crippen LogP) is 1.33. The molecule has 3 N–H and O–H groups in total. The number of rotatable bonds is 6. The molecule has 2 unspecified atom stereocenters. The first-order valence-corrected chi connectivity index (χ1v) is 7.19. The molecule has 0 aromatic rings. The molecule has 1 heterocycles. The third kappa shape index (κ3) is 7.52. The second kappa shape index (κ2) is 7.84. The van der Waals surface area contributed by atoms with Crippen molar-refractivity contribution < 1.29 is 23.1 Å². The first-order valence-electron chi connectivity index (χ1n) is 7.19. The molecule has 0 radical (unpaired) electrons. The van der Waals surface area contributed by atoms with Gasteiger partial charge in [-0.05, 0) is 18.8 Å². The van der Waals surface area contributed by atoms with E-state index in [0.29, 0.717) is 25.9 Å². The van der Waals surface area contributed by atoms with E-state index in [1.807, 2.05) is 13.8 Å². The fraction of sp³-hybridized carbons (Fsp3) is 0.923. The molecule has 0 aromatic carbocycles. The number of amides is 2. The third-order valence-corrected chi connectivity index (χ3v) is 3.51. The monoisotopic (exact) mass is 311 g/mol. The zero-order valence-electron chi connectivity index (χ0n) is 12.4. The van der Waals surface area contributed by atoms with Crippen LogP contribution < -0.4 is 10.6 Å². The van der Waals surface area contributed by atoms with E-state index in [4.69, 9.17) is 0 Å². The average Bonchev–Trinajstić information content (AvgIpc) is 2.73. The van der Waals surface area contributed by atoms with Crippen LogP contribution >= 0.6 is 0 Å². The van der Waals surface area contributed by atoms with Crippen LogP contribution in [0.25, 0.3) is 0 Å². The van der Waals surface area contributed by atoms with Crippen LogP contribution in [0.2, 0.25) is 0 Å². The Kier molecular flexibility index (Phi) is 6.73. The maximum atomic E-state index is 12.2. The van der Waals surface area contributed by atoms with Crippen LogP contribution in [-0.4, -0.2) is 60.5 Å². The number of likely N-dealkylation sites (tertiary alicyclic amines) is 1. The van der Waals surface area contributed by atoms with E-state index < -0.39 is 24.9 Å². The number of nitrogens with one attached hydrogen (secondary N) is 2. The van der Waals surface area contributed by atoms with E-state index >= 15 is 0 Å². The third-order valence-electron chi connectivity index (χ3n) is 3.51. The normalized spacial score (nSPS) is 21.6. The van der Waals surface area contributed by atoms with Gasteiger partial charge in [-0.3, -0.25) is 4.90 Å². The minimum atomic E-state index is -4.20. The van der Waals surface area contributed by atoms with Crippen molar-refractivity contribution in [2.24, 2.45) is 5.92 Å². The van der Waals surface area contributed by atoms with E-state index in [9.17, 15) is 23.1 Å². The molecule has 21 heavy (non-hydrogen) atoms. The van der Waals surface area contributed by atoms with Gasteiger partial charge in [0.15, 0.2) is 0 Å². The maximum Gasteiger partial charge on any atom is 0.401 e. The first kappa shape index (κ1) is 18.0. The predicted molar refractivity (Wildman–Crippen MR) is 72.9 cm³/mol. The van der Waals surface area contributed by atoms with Gasteiger partial charge < -0.3 is 15.7 Å². The number of halogens is 3. The van der Waals surface area contributed by atoms with Crippen LogP contribution in [0, 0.1) is 5.92 Å². The minimum absolute atomic E-state index is 0.126. The summed E-state index contributed by atoms with van der Waals surface area (Å²) in [7, 11) is 0. The molecular formula is C13H24F3N3O2. The van der Waals surface area contributed by atoms with Crippen molar-refractivity contribution in [3.63, 3.8) is 0 Å². The lowest BCUT2D eigenvalue weighted by atomic mass is 10.0. The van der Waals surface area contributed by atoms with Gasteiger partial charge in [-0.1, -0.05) is 13.8 Å². The highest BCUT2D eigenvalue weighted by Gasteiger charge is 2.34. The molecule has 2 atom stereocenters. The van der Waals surface area contributed by atoms with Gasteiger partial charge in [-0.15, -0.1) is 0 Å². The van der Waals surface area contributed by atoms with Gasteiger partial charge >= 0.3 is 12.2 Å². The molecule has 1 fully saturated rings. The second-order valence-electron chi connectivity index (χ2n) is 5.84. The van der Waals surface area contributed by atoms with Crippen LogP contribution in [0.1, 0.15) is 26.7 Å². The van der Waals surface area contributed by atoms with Crippen LogP contribution in [0.15, 0.2) is 0 Å². The molecule has 0 aliphatic carbocycles. The van der Waals surface area contributed by atoms with Crippen LogP contribution in [-0.2, 0) is 0 Å². The van der Waals surface area contributed by atoms with Crippen molar-refractivity contribution in [2.75, 3.05) is 26.2 Å². The summed E-state index contributed by atoms with van der Waals surface area (Å²) in [4.78, 5) is 12.9. The summed E-state index contributed by atoms with van der Waals surface area (Å²) in [6.07, 6.45) is -3.71. The molecule has 8 heteroatoms. The van der Waals surface area contributed by atoms with E-state index in [-0.39, 0.29) is 18.5 Å². The molecule has 0 aromatic heterocycles. The Bertz CT molecular complexity index is 337. The van der Waals surface area contributed by atoms with E-state index in [1.165, 1.54) is 4.90 Å². The Morgan fingerprint density at radius 3 is 2.67 bits per heavy atom.